The van der Waals surface area contributed by atoms with E-state index in [9.17, 15) is 14.4 Å². The summed E-state index contributed by atoms with van der Waals surface area (Å²) in [6.07, 6.45) is -1.31. The highest BCUT2D eigenvalue weighted by Crippen LogP contribution is 2.20. The summed E-state index contributed by atoms with van der Waals surface area (Å²) < 4.78 is 16.2. The van der Waals surface area contributed by atoms with E-state index in [0.29, 0.717) is 17.9 Å². The smallest absolute Gasteiger partial charge is 0.321 e. The van der Waals surface area contributed by atoms with E-state index in [2.05, 4.69) is 10.6 Å². The van der Waals surface area contributed by atoms with E-state index in [1.165, 1.54) is 7.05 Å². The zero-order valence-corrected chi connectivity index (χ0v) is 16.3. The van der Waals surface area contributed by atoms with E-state index in [0.717, 1.165) is 5.75 Å². The highest BCUT2D eigenvalue weighted by atomic mass is 16.6. The summed E-state index contributed by atoms with van der Waals surface area (Å²) in [7, 11) is 1.38. The number of hydrogen-bond donors (Lipinski definition) is 2. The van der Waals surface area contributed by atoms with Crippen LogP contribution in [0.15, 0.2) is 54.6 Å². The standard InChI is InChI=1S/C21H24N2O6/c1-3-27-16-9-11-17(12-10-16)28-14-13-18(24)29-19(15-7-5-4-6-8-15)20(25)23-21(26)22-2/h4-12,19H,3,13-14H2,1-2H3,(H2,22,23,25,26). The molecule has 2 rings (SSSR count). The van der Waals surface area contributed by atoms with Gasteiger partial charge in [0.15, 0.2) is 0 Å². The molecule has 1 atom stereocenters. The number of carbonyl (C=O) groups excluding carboxylic acids is 3. The van der Waals surface area contributed by atoms with E-state index in [1.807, 2.05) is 6.92 Å². The Hall–Kier alpha value is -3.55. The molecule has 8 nitrogen and oxygen atoms in total. The molecular weight excluding hydrogens is 376 g/mol. The van der Waals surface area contributed by atoms with Gasteiger partial charge in [-0.25, -0.2) is 4.79 Å². The molecule has 0 heterocycles. The van der Waals surface area contributed by atoms with Gasteiger partial charge in [-0.05, 0) is 31.2 Å². The Balaban J connectivity index is 1.91. The van der Waals surface area contributed by atoms with Gasteiger partial charge >= 0.3 is 12.0 Å². The molecule has 0 bridgehead atoms. The molecule has 8 heteroatoms. The lowest BCUT2D eigenvalue weighted by atomic mass is 10.1. The maximum atomic E-state index is 12.3. The van der Waals surface area contributed by atoms with Crippen LogP contribution in [0.1, 0.15) is 25.0 Å². The molecule has 2 aromatic carbocycles. The molecule has 1 unspecified atom stereocenters. The van der Waals surface area contributed by atoms with Gasteiger partial charge in [-0.2, -0.15) is 0 Å². The van der Waals surface area contributed by atoms with Crippen molar-refractivity contribution in [1.29, 1.82) is 0 Å². The van der Waals surface area contributed by atoms with Crippen molar-refractivity contribution in [2.75, 3.05) is 20.3 Å². The second-order valence-electron chi connectivity index (χ2n) is 5.85. The highest BCUT2D eigenvalue weighted by Gasteiger charge is 2.26. The van der Waals surface area contributed by atoms with Gasteiger partial charge in [-0.15, -0.1) is 0 Å². The third-order valence-electron chi connectivity index (χ3n) is 3.76. The molecule has 29 heavy (non-hydrogen) atoms. The first-order valence-electron chi connectivity index (χ1n) is 9.16. The lowest BCUT2D eigenvalue weighted by molar-refractivity contribution is -0.156. The van der Waals surface area contributed by atoms with E-state index < -0.39 is 24.0 Å². The van der Waals surface area contributed by atoms with E-state index in [-0.39, 0.29) is 13.0 Å². The fourth-order valence-corrected chi connectivity index (χ4v) is 2.38. The second kappa shape index (κ2) is 11.3. The average Bonchev–Trinajstić information content (AvgIpc) is 2.74. The van der Waals surface area contributed by atoms with Crippen molar-refractivity contribution in [3.63, 3.8) is 0 Å². The molecule has 0 spiro atoms. The number of imide groups is 1. The monoisotopic (exact) mass is 400 g/mol. The summed E-state index contributed by atoms with van der Waals surface area (Å²) in [5, 5.41) is 4.40. The molecule has 2 aromatic rings. The summed E-state index contributed by atoms with van der Waals surface area (Å²) in [6, 6.07) is 14.8. The van der Waals surface area contributed by atoms with Gasteiger partial charge in [0.05, 0.1) is 19.6 Å². The summed E-state index contributed by atoms with van der Waals surface area (Å²) in [5.41, 5.74) is 0.453. The third-order valence-corrected chi connectivity index (χ3v) is 3.76. The zero-order chi connectivity index (χ0) is 21.1. The molecular formula is C21H24N2O6. The lowest BCUT2D eigenvalue weighted by Crippen LogP contribution is -2.41. The average molecular weight is 400 g/mol. The van der Waals surface area contributed by atoms with E-state index in [1.54, 1.807) is 54.6 Å². The van der Waals surface area contributed by atoms with Gasteiger partial charge < -0.3 is 19.5 Å². The van der Waals surface area contributed by atoms with Crippen molar-refractivity contribution in [2.45, 2.75) is 19.4 Å². The van der Waals surface area contributed by atoms with Crippen LogP contribution in [0.3, 0.4) is 0 Å². The normalized spacial score (nSPS) is 11.1. The number of nitrogens with one attached hydrogen (secondary N) is 2. The fraction of sp³-hybridized carbons (Fsp3) is 0.286. The van der Waals surface area contributed by atoms with Crippen molar-refractivity contribution in [3.8, 4) is 11.5 Å². The van der Waals surface area contributed by atoms with Crippen LogP contribution in [0.25, 0.3) is 0 Å². The third kappa shape index (κ3) is 7.17. The SMILES string of the molecule is CCOc1ccc(OCCC(=O)OC(C(=O)NC(=O)NC)c2ccccc2)cc1. The minimum atomic E-state index is -1.24. The number of carbonyl (C=O) groups is 3. The van der Waals surface area contributed by atoms with Gasteiger partial charge in [0.25, 0.3) is 5.91 Å². The van der Waals surface area contributed by atoms with Crippen LogP contribution >= 0.6 is 0 Å². The topological polar surface area (TPSA) is 103 Å². The van der Waals surface area contributed by atoms with Gasteiger partial charge in [-0.3, -0.25) is 14.9 Å². The Labute approximate surface area is 169 Å². The van der Waals surface area contributed by atoms with Crippen LogP contribution in [0.5, 0.6) is 11.5 Å². The van der Waals surface area contributed by atoms with Crippen LogP contribution < -0.4 is 20.1 Å². The molecule has 2 N–H and O–H groups in total. The number of ether oxygens (including phenoxy) is 3. The number of amides is 3. The van der Waals surface area contributed by atoms with Crippen molar-refractivity contribution >= 4 is 17.9 Å². The quantitative estimate of drug-likeness (QED) is 0.627. The summed E-state index contributed by atoms with van der Waals surface area (Å²) >= 11 is 0. The summed E-state index contributed by atoms with van der Waals surface area (Å²) in [6.45, 7) is 2.54. The van der Waals surface area contributed by atoms with Crippen molar-refractivity contribution < 1.29 is 28.6 Å². The van der Waals surface area contributed by atoms with Crippen molar-refractivity contribution in [2.24, 2.45) is 0 Å². The van der Waals surface area contributed by atoms with Crippen molar-refractivity contribution in [3.05, 3.63) is 60.2 Å². The molecule has 154 valence electrons. The Bertz CT molecular complexity index is 808. The number of benzene rings is 2. The van der Waals surface area contributed by atoms with Crippen LogP contribution in [-0.2, 0) is 14.3 Å². The minimum Gasteiger partial charge on any atom is -0.494 e. The largest absolute Gasteiger partial charge is 0.494 e. The Morgan fingerprint density at radius 3 is 2.14 bits per heavy atom. The number of hydrogen-bond acceptors (Lipinski definition) is 6. The number of urea groups is 1. The number of esters is 1. The second-order valence-corrected chi connectivity index (χ2v) is 5.85. The highest BCUT2D eigenvalue weighted by molar-refractivity contribution is 5.97. The molecule has 0 saturated carbocycles. The number of rotatable bonds is 9. The molecule has 0 fully saturated rings. The van der Waals surface area contributed by atoms with Crippen molar-refractivity contribution in [1.82, 2.24) is 10.6 Å². The molecule has 0 aromatic heterocycles. The molecule has 0 aliphatic heterocycles. The Kier molecular flexibility index (Phi) is 8.50. The van der Waals surface area contributed by atoms with Gasteiger partial charge in [-0.1, -0.05) is 30.3 Å². The van der Waals surface area contributed by atoms with Gasteiger partial charge in [0.1, 0.15) is 11.5 Å². The van der Waals surface area contributed by atoms with Gasteiger partial charge in [0, 0.05) is 12.6 Å². The fourth-order valence-electron chi connectivity index (χ4n) is 2.38. The first-order chi connectivity index (χ1) is 14.0. The maximum absolute atomic E-state index is 12.3. The summed E-state index contributed by atoms with van der Waals surface area (Å²) in [4.78, 5) is 36.0. The van der Waals surface area contributed by atoms with Crippen LogP contribution in [0.4, 0.5) is 4.79 Å². The minimum absolute atomic E-state index is 0.0657. The zero-order valence-electron chi connectivity index (χ0n) is 16.3. The van der Waals surface area contributed by atoms with Crippen LogP contribution in [0, 0.1) is 0 Å². The van der Waals surface area contributed by atoms with E-state index >= 15 is 0 Å². The molecule has 0 saturated heterocycles. The Morgan fingerprint density at radius 2 is 1.55 bits per heavy atom. The lowest BCUT2D eigenvalue weighted by Gasteiger charge is -2.17. The first kappa shape index (κ1) is 21.7. The van der Waals surface area contributed by atoms with Crippen LogP contribution in [0.2, 0.25) is 0 Å². The predicted octanol–water partition coefficient (Wildman–Crippen LogP) is 2.59. The predicted molar refractivity (Wildman–Crippen MR) is 106 cm³/mol. The van der Waals surface area contributed by atoms with E-state index in [4.69, 9.17) is 14.2 Å². The van der Waals surface area contributed by atoms with Gasteiger partial charge in [0.2, 0.25) is 6.10 Å². The van der Waals surface area contributed by atoms with Crippen LogP contribution in [-0.4, -0.2) is 38.2 Å². The Morgan fingerprint density at radius 1 is 0.931 bits per heavy atom. The maximum Gasteiger partial charge on any atom is 0.321 e. The molecule has 0 aliphatic rings. The summed E-state index contributed by atoms with van der Waals surface area (Å²) in [5.74, 6) is -0.0570. The molecule has 3 amide bonds. The first-order valence-corrected chi connectivity index (χ1v) is 9.16. The molecule has 0 aliphatic carbocycles. The molecule has 0 radical (unpaired) electrons.